The molecular weight excluding hydrogens is 150 g/mol. The summed E-state index contributed by atoms with van der Waals surface area (Å²) in [7, 11) is 0. The number of aromatic nitrogens is 2. The lowest BCUT2D eigenvalue weighted by atomic mass is 10.1. The van der Waals surface area contributed by atoms with Crippen LogP contribution in [0.1, 0.15) is 12.1 Å². The van der Waals surface area contributed by atoms with Gasteiger partial charge in [-0.05, 0) is 18.5 Å². The van der Waals surface area contributed by atoms with Crippen LogP contribution in [0.3, 0.4) is 0 Å². The van der Waals surface area contributed by atoms with E-state index in [1.165, 1.54) is 5.57 Å². The number of hydrogen-bond acceptors (Lipinski definition) is 3. The van der Waals surface area contributed by atoms with Gasteiger partial charge in [-0.25, -0.2) is 0 Å². The number of hydrogen-bond donors (Lipinski definition) is 1. The average molecular weight is 161 g/mol. The Hall–Kier alpha value is -1.22. The van der Waals surface area contributed by atoms with Crippen molar-refractivity contribution in [3.8, 4) is 0 Å². The fourth-order valence-electron chi connectivity index (χ4n) is 1.32. The molecule has 0 fully saturated rings. The lowest BCUT2D eigenvalue weighted by Crippen LogP contribution is -2.20. The molecule has 1 aromatic rings. The zero-order chi connectivity index (χ0) is 8.23. The van der Waals surface area contributed by atoms with Gasteiger partial charge in [-0.15, -0.1) is 0 Å². The van der Waals surface area contributed by atoms with E-state index >= 15 is 0 Å². The maximum atomic E-state index is 4.24. The zero-order valence-corrected chi connectivity index (χ0v) is 6.83. The maximum Gasteiger partial charge on any atom is 0.0842 e. The van der Waals surface area contributed by atoms with E-state index in [0.717, 1.165) is 25.2 Å². The van der Waals surface area contributed by atoms with Gasteiger partial charge >= 0.3 is 0 Å². The van der Waals surface area contributed by atoms with Gasteiger partial charge in [0.25, 0.3) is 0 Å². The highest BCUT2D eigenvalue weighted by atomic mass is 14.9. The molecule has 0 radical (unpaired) electrons. The van der Waals surface area contributed by atoms with Crippen LogP contribution in [-0.4, -0.2) is 23.1 Å². The Morgan fingerprint density at radius 1 is 1.33 bits per heavy atom. The second kappa shape index (κ2) is 3.45. The topological polar surface area (TPSA) is 37.8 Å². The summed E-state index contributed by atoms with van der Waals surface area (Å²) in [6.45, 7) is 1.99. The van der Waals surface area contributed by atoms with Gasteiger partial charge in [0.2, 0.25) is 0 Å². The van der Waals surface area contributed by atoms with Crippen molar-refractivity contribution in [3.63, 3.8) is 0 Å². The van der Waals surface area contributed by atoms with Crippen molar-refractivity contribution in [2.75, 3.05) is 13.1 Å². The van der Waals surface area contributed by atoms with Crippen LogP contribution in [0.15, 0.2) is 24.7 Å². The molecule has 0 aliphatic carbocycles. The van der Waals surface area contributed by atoms with Crippen LogP contribution in [-0.2, 0) is 0 Å². The molecule has 0 aromatic carbocycles. The van der Waals surface area contributed by atoms with Crippen LogP contribution in [0.2, 0.25) is 0 Å². The van der Waals surface area contributed by atoms with Gasteiger partial charge in [0.05, 0.1) is 11.9 Å². The van der Waals surface area contributed by atoms with Gasteiger partial charge in [0.15, 0.2) is 0 Å². The summed E-state index contributed by atoms with van der Waals surface area (Å²) in [5.41, 5.74) is 2.32. The van der Waals surface area contributed by atoms with Gasteiger partial charge in [0.1, 0.15) is 0 Å². The SMILES string of the molecule is C1=C(c2cnccn2)CCNC1. The third-order valence-corrected chi connectivity index (χ3v) is 1.96. The molecule has 1 aromatic heterocycles. The van der Waals surface area contributed by atoms with Crippen LogP contribution in [0.4, 0.5) is 0 Å². The molecule has 3 nitrogen and oxygen atoms in total. The Kier molecular flexibility index (Phi) is 2.14. The van der Waals surface area contributed by atoms with Crippen molar-refractivity contribution in [3.05, 3.63) is 30.4 Å². The molecule has 0 atom stereocenters. The van der Waals surface area contributed by atoms with E-state index in [1.54, 1.807) is 12.4 Å². The minimum Gasteiger partial charge on any atom is -0.313 e. The molecule has 0 bridgehead atoms. The van der Waals surface area contributed by atoms with Crippen molar-refractivity contribution in [1.82, 2.24) is 15.3 Å². The van der Waals surface area contributed by atoms with Crippen LogP contribution in [0.5, 0.6) is 0 Å². The van der Waals surface area contributed by atoms with E-state index in [9.17, 15) is 0 Å². The van der Waals surface area contributed by atoms with Crippen molar-refractivity contribution in [2.24, 2.45) is 0 Å². The Balaban J connectivity index is 2.24. The maximum absolute atomic E-state index is 4.24. The molecule has 1 N–H and O–H groups in total. The zero-order valence-electron chi connectivity index (χ0n) is 6.83. The fraction of sp³-hybridized carbons (Fsp3) is 0.333. The van der Waals surface area contributed by atoms with Crippen molar-refractivity contribution in [1.29, 1.82) is 0 Å². The third-order valence-electron chi connectivity index (χ3n) is 1.96. The molecule has 0 saturated carbocycles. The van der Waals surface area contributed by atoms with Crippen LogP contribution in [0.25, 0.3) is 5.57 Å². The second-order valence-corrected chi connectivity index (χ2v) is 2.77. The van der Waals surface area contributed by atoms with Crippen molar-refractivity contribution < 1.29 is 0 Å². The first-order valence-corrected chi connectivity index (χ1v) is 4.13. The predicted octanol–water partition coefficient (Wildman–Crippen LogP) is 0.853. The Bertz CT molecular complexity index is 279. The molecule has 62 valence electrons. The summed E-state index contributed by atoms with van der Waals surface area (Å²) in [4.78, 5) is 8.28. The quantitative estimate of drug-likeness (QED) is 0.663. The van der Waals surface area contributed by atoms with E-state index < -0.39 is 0 Å². The number of nitrogens with zero attached hydrogens (tertiary/aromatic N) is 2. The Morgan fingerprint density at radius 3 is 3.00 bits per heavy atom. The molecule has 12 heavy (non-hydrogen) atoms. The molecular formula is C9H11N3. The monoisotopic (exact) mass is 161 g/mol. The molecule has 0 spiro atoms. The van der Waals surface area contributed by atoms with E-state index in [-0.39, 0.29) is 0 Å². The molecule has 2 rings (SSSR count). The van der Waals surface area contributed by atoms with Gasteiger partial charge in [-0.1, -0.05) is 6.08 Å². The van der Waals surface area contributed by atoms with E-state index in [1.807, 2.05) is 6.20 Å². The summed E-state index contributed by atoms with van der Waals surface area (Å²) in [5, 5.41) is 3.26. The van der Waals surface area contributed by atoms with Crippen LogP contribution >= 0.6 is 0 Å². The first-order chi connectivity index (χ1) is 5.97. The first-order valence-electron chi connectivity index (χ1n) is 4.13. The van der Waals surface area contributed by atoms with Gasteiger partial charge in [-0.2, -0.15) is 0 Å². The summed E-state index contributed by atoms with van der Waals surface area (Å²) < 4.78 is 0. The minimum atomic E-state index is 0.950. The largest absolute Gasteiger partial charge is 0.313 e. The van der Waals surface area contributed by atoms with Crippen LogP contribution in [0, 0.1) is 0 Å². The summed E-state index contributed by atoms with van der Waals surface area (Å²) in [6.07, 6.45) is 8.48. The van der Waals surface area contributed by atoms with Crippen molar-refractivity contribution in [2.45, 2.75) is 6.42 Å². The average Bonchev–Trinajstić information content (AvgIpc) is 2.21. The Morgan fingerprint density at radius 2 is 2.33 bits per heavy atom. The smallest absolute Gasteiger partial charge is 0.0842 e. The third kappa shape index (κ3) is 1.51. The fourth-order valence-corrected chi connectivity index (χ4v) is 1.32. The predicted molar refractivity (Wildman–Crippen MR) is 47.5 cm³/mol. The highest BCUT2D eigenvalue weighted by Gasteiger charge is 2.05. The van der Waals surface area contributed by atoms with E-state index in [4.69, 9.17) is 0 Å². The molecule has 2 heterocycles. The molecule has 3 heteroatoms. The standard InChI is InChI=1S/C9H11N3/c1-3-10-4-2-8(1)9-7-11-5-6-12-9/h1,5-7,10H,2-4H2. The lowest BCUT2D eigenvalue weighted by molar-refractivity contribution is 0.736. The van der Waals surface area contributed by atoms with Gasteiger partial charge < -0.3 is 5.32 Å². The molecule has 0 saturated heterocycles. The van der Waals surface area contributed by atoms with E-state index in [0.29, 0.717) is 0 Å². The normalized spacial score (nSPS) is 17.2. The first kappa shape index (κ1) is 7.43. The minimum absolute atomic E-state index is 0.950. The van der Waals surface area contributed by atoms with Crippen LogP contribution < -0.4 is 5.32 Å². The lowest BCUT2D eigenvalue weighted by Gasteiger charge is -2.12. The van der Waals surface area contributed by atoms with E-state index in [2.05, 4.69) is 21.4 Å². The molecule has 0 amide bonds. The van der Waals surface area contributed by atoms with Crippen molar-refractivity contribution >= 4 is 5.57 Å². The highest BCUT2D eigenvalue weighted by Crippen LogP contribution is 2.15. The molecule has 1 aliphatic rings. The summed E-state index contributed by atoms with van der Waals surface area (Å²) in [6, 6.07) is 0. The molecule has 0 unspecified atom stereocenters. The Labute approximate surface area is 71.5 Å². The highest BCUT2D eigenvalue weighted by molar-refractivity contribution is 5.62. The summed E-state index contributed by atoms with van der Waals surface area (Å²) >= 11 is 0. The number of rotatable bonds is 1. The second-order valence-electron chi connectivity index (χ2n) is 2.77. The van der Waals surface area contributed by atoms with Gasteiger partial charge in [-0.3, -0.25) is 9.97 Å². The summed E-state index contributed by atoms with van der Waals surface area (Å²) in [5.74, 6) is 0. The molecule has 1 aliphatic heterocycles. The number of nitrogens with one attached hydrogen (secondary N) is 1. The van der Waals surface area contributed by atoms with Gasteiger partial charge in [0, 0.05) is 18.9 Å².